The van der Waals surface area contributed by atoms with Gasteiger partial charge in [0, 0.05) is 5.54 Å². The van der Waals surface area contributed by atoms with Gasteiger partial charge in [-0.2, -0.15) is 0 Å². The molecule has 0 aliphatic carbocycles. The molecule has 1 aromatic rings. The molecule has 2 N–H and O–H groups in total. The first-order valence-corrected chi connectivity index (χ1v) is 7.91. The van der Waals surface area contributed by atoms with Crippen LogP contribution in [0.15, 0.2) is 24.3 Å². The zero-order valence-corrected chi connectivity index (χ0v) is 14.6. The second-order valence-corrected chi connectivity index (χ2v) is 6.68. The summed E-state index contributed by atoms with van der Waals surface area (Å²) in [5.41, 5.74) is 0.0664. The fraction of sp³-hybridized carbons (Fsp3) is 0.556. The van der Waals surface area contributed by atoms with E-state index in [0.717, 1.165) is 11.3 Å². The lowest BCUT2D eigenvalue weighted by Gasteiger charge is -2.33. The van der Waals surface area contributed by atoms with Crippen molar-refractivity contribution in [2.24, 2.45) is 5.92 Å². The Bertz CT molecular complexity index is 554. The zero-order chi connectivity index (χ0) is 17.6. The van der Waals surface area contributed by atoms with Gasteiger partial charge in [0.25, 0.3) is 0 Å². The Labute approximate surface area is 138 Å². The normalized spacial score (nSPS) is 13.7. The summed E-state index contributed by atoms with van der Waals surface area (Å²) < 4.78 is 5.62. The summed E-state index contributed by atoms with van der Waals surface area (Å²) >= 11 is 0. The fourth-order valence-corrected chi connectivity index (χ4v) is 2.26. The Balaban J connectivity index is 2.77. The van der Waals surface area contributed by atoms with E-state index >= 15 is 0 Å². The summed E-state index contributed by atoms with van der Waals surface area (Å²) in [6.07, 6.45) is 0.156. The Morgan fingerprint density at radius 1 is 1.26 bits per heavy atom. The number of carboxylic acid groups (broad SMARTS) is 1. The standard InChI is InChI=1S/C18H27NO4/c1-12(2)18(5,11-17(21)22)19-16(20)10-14-7-6-8-15(9-14)23-13(3)4/h6-9,12-13H,10-11H2,1-5H3,(H,19,20)(H,21,22). The maximum atomic E-state index is 12.3. The largest absolute Gasteiger partial charge is 0.491 e. The molecule has 0 aliphatic heterocycles. The van der Waals surface area contributed by atoms with Crippen molar-refractivity contribution >= 4 is 11.9 Å². The molecule has 1 atom stereocenters. The van der Waals surface area contributed by atoms with Crippen molar-refractivity contribution in [3.8, 4) is 5.75 Å². The SMILES string of the molecule is CC(C)Oc1cccc(CC(=O)NC(C)(CC(=O)O)C(C)C)c1. The maximum Gasteiger partial charge on any atom is 0.305 e. The predicted molar refractivity (Wildman–Crippen MR) is 89.5 cm³/mol. The van der Waals surface area contributed by atoms with Crippen molar-refractivity contribution in [2.75, 3.05) is 0 Å². The Hall–Kier alpha value is -2.04. The quantitative estimate of drug-likeness (QED) is 0.772. The smallest absolute Gasteiger partial charge is 0.305 e. The van der Waals surface area contributed by atoms with Crippen LogP contribution in [-0.2, 0) is 16.0 Å². The van der Waals surface area contributed by atoms with Crippen LogP contribution in [0.5, 0.6) is 5.75 Å². The van der Waals surface area contributed by atoms with Gasteiger partial charge in [-0.05, 0) is 44.4 Å². The summed E-state index contributed by atoms with van der Waals surface area (Å²) in [5.74, 6) is -0.376. The molecule has 1 rings (SSSR count). The highest BCUT2D eigenvalue weighted by Gasteiger charge is 2.32. The molecule has 0 radical (unpaired) electrons. The molecule has 23 heavy (non-hydrogen) atoms. The third-order valence-electron chi connectivity index (χ3n) is 3.85. The van der Waals surface area contributed by atoms with Crippen LogP contribution < -0.4 is 10.1 Å². The topological polar surface area (TPSA) is 75.6 Å². The van der Waals surface area contributed by atoms with Gasteiger partial charge in [0.2, 0.25) is 5.91 Å². The van der Waals surface area contributed by atoms with Gasteiger partial charge >= 0.3 is 5.97 Å². The third-order valence-corrected chi connectivity index (χ3v) is 3.85. The van der Waals surface area contributed by atoms with Crippen LogP contribution in [-0.4, -0.2) is 28.6 Å². The van der Waals surface area contributed by atoms with E-state index in [2.05, 4.69) is 5.32 Å². The third kappa shape index (κ3) is 6.30. The van der Waals surface area contributed by atoms with Gasteiger partial charge in [-0.15, -0.1) is 0 Å². The van der Waals surface area contributed by atoms with Gasteiger partial charge in [-0.25, -0.2) is 0 Å². The monoisotopic (exact) mass is 321 g/mol. The molecule has 1 unspecified atom stereocenters. The summed E-state index contributed by atoms with van der Waals surface area (Å²) in [6, 6.07) is 7.39. The first kappa shape index (κ1) is 19.0. The Morgan fingerprint density at radius 2 is 1.91 bits per heavy atom. The van der Waals surface area contributed by atoms with Crippen molar-refractivity contribution in [1.29, 1.82) is 0 Å². The molecule has 5 nitrogen and oxygen atoms in total. The molecule has 0 fully saturated rings. The first-order chi connectivity index (χ1) is 10.6. The first-order valence-electron chi connectivity index (χ1n) is 7.91. The Morgan fingerprint density at radius 3 is 2.43 bits per heavy atom. The summed E-state index contributed by atoms with van der Waals surface area (Å²) in [6.45, 7) is 9.46. The highest BCUT2D eigenvalue weighted by molar-refractivity contribution is 5.80. The molecular weight excluding hydrogens is 294 g/mol. The summed E-state index contributed by atoms with van der Waals surface area (Å²) in [7, 11) is 0. The lowest BCUT2D eigenvalue weighted by atomic mass is 9.85. The number of aliphatic carboxylic acids is 1. The predicted octanol–water partition coefficient (Wildman–Crippen LogP) is 3.02. The van der Waals surface area contributed by atoms with E-state index in [1.54, 1.807) is 6.92 Å². The van der Waals surface area contributed by atoms with E-state index < -0.39 is 11.5 Å². The van der Waals surface area contributed by atoms with Gasteiger partial charge in [0.1, 0.15) is 5.75 Å². The molecule has 0 heterocycles. The number of carbonyl (C=O) groups excluding carboxylic acids is 1. The molecular formula is C18H27NO4. The van der Waals surface area contributed by atoms with E-state index in [4.69, 9.17) is 9.84 Å². The maximum absolute atomic E-state index is 12.3. The van der Waals surface area contributed by atoms with Crippen molar-refractivity contribution in [2.45, 2.75) is 59.1 Å². The number of hydrogen-bond donors (Lipinski definition) is 2. The highest BCUT2D eigenvalue weighted by atomic mass is 16.5. The number of hydrogen-bond acceptors (Lipinski definition) is 3. The van der Waals surface area contributed by atoms with Crippen LogP contribution in [0.3, 0.4) is 0 Å². The number of nitrogens with one attached hydrogen (secondary N) is 1. The summed E-state index contributed by atoms with van der Waals surface area (Å²) in [4.78, 5) is 23.3. The lowest BCUT2D eigenvalue weighted by Crippen LogP contribution is -2.51. The molecule has 0 saturated heterocycles. The number of carbonyl (C=O) groups is 2. The minimum atomic E-state index is -0.922. The second-order valence-electron chi connectivity index (χ2n) is 6.68. The number of benzene rings is 1. The van der Waals surface area contributed by atoms with Crippen LogP contribution in [0.1, 0.15) is 46.6 Å². The molecule has 0 bridgehead atoms. The van der Waals surface area contributed by atoms with Crippen LogP contribution in [0.2, 0.25) is 0 Å². The Kier molecular flexibility index (Phi) is 6.61. The van der Waals surface area contributed by atoms with Crippen molar-refractivity contribution < 1.29 is 19.4 Å². The van der Waals surface area contributed by atoms with E-state index in [1.807, 2.05) is 52.0 Å². The summed E-state index contributed by atoms with van der Waals surface area (Å²) in [5, 5.41) is 11.9. The minimum Gasteiger partial charge on any atom is -0.491 e. The van der Waals surface area contributed by atoms with Gasteiger partial charge in [0.05, 0.1) is 18.9 Å². The van der Waals surface area contributed by atoms with Crippen LogP contribution in [0, 0.1) is 5.92 Å². The van der Waals surface area contributed by atoms with E-state index in [0.29, 0.717) is 0 Å². The molecule has 0 aliphatic rings. The van der Waals surface area contributed by atoms with Crippen LogP contribution in [0.4, 0.5) is 0 Å². The average molecular weight is 321 g/mol. The van der Waals surface area contributed by atoms with Crippen molar-refractivity contribution in [3.05, 3.63) is 29.8 Å². The van der Waals surface area contributed by atoms with E-state index in [-0.39, 0.29) is 30.8 Å². The number of rotatable bonds is 8. The van der Waals surface area contributed by atoms with E-state index in [9.17, 15) is 9.59 Å². The zero-order valence-electron chi connectivity index (χ0n) is 14.6. The van der Waals surface area contributed by atoms with E-state index in [1.165, 1.54) is 0 Å². The van der Waals surface area contributed by atoms with Crippen molar-refractivity contribution in [3.63, 3.8) is 0 Å². The van der Waals surface area contributed by atoms with Gasteiger partial charge < -0.3 is 15.2 Å². The number of amides is 1. The molecule has 0 spiro atoms. The fourth-order valence-electron chi connectivity index (χ4n) is 2.26. The van der Waals surface area contributed by atoms with Crippen LogP contribution in [0.25, 0.3) is 0 Å². The van der Waals surface area contributed by atoms with Gasteiger partial charge in [-0.3, -0.25) is 9.59 Å². The number of ether oxygens (including phenoxy) is 1. The second kappa shape index (κ2) is 7.99. The molecule has 1 amide bonds. The van der Waals surface area contributed by atoms with Crippen molar-refractivity contribution in [1.82, 2.24) is 5.32 Å². The highest BCUT2D eigenvalue weighted by Crippen LogP contribution is 2.21. The average Bonchev–Trinajstić information content (AvgIpc) is 2.36. The molecule has 128 valence electrons. The lowest BCUT2D eigenvalue weighted by molar-refractivity contribution is -0.139. The van der Waals surface area contributed by atoms with Gasteiger partial charge in [-0.1, -0.05) is 26.0 Å². The number of carboxylic acids is 1. The molecule has 0 aromatic heterocycles. The molecule has 1 aromatic carbocycles. The molecule has 0 saturated carbocycles. The molecule has 5 heteroatoms. The van der Waals surface area contributed by atoms with Crippen LogP contribution >= 0.6 is 0 Å². The minimum absolute atomic E-state index is 0.0122. The van der Waals surface area contributed by atoms with Gasteiger partial charge in [0.15, 0.2) is 0 Å².